The van der Waals surface area contributed by atoms with Crippen LogP contribution in [0.15, 0.2) is 83.8 Å². The van der Waals surface area contributed by atoms with Gasteiger partial charge in [0.25, 0.3) is 11.5 Å². The Morgan fingerprint density at radius 1 is 0.872 bits per heavy atom. The topological polar surface area (TPSA) is 86.1 Å². The van der Waals surface area contributed by atoms with Gasteiger partial charge in [-0.2, -0.15) is 0 Å². The maximum atomic E-state index is 14.5. The molecular formula is C35H32F4N4O4. The van der Waals surface area contributed by atoms with Gasteiger partial charge in [-0.15, -0.1) is 0 Å². The number of aliphatic hydroxyl groups is 1. The van der Waals surface area contributed by atoms with Crippen molar-refractivity contribution < 1.29 is 32.3 Å². The van der Waals surface area contributed by atoms with E-state index in [0.717, 1.165) is 28.1 Å². The van der Waals surface area contributed by atoms with Gasteiger partial charge in [0, 0.05) is 76.4 Å². The van der Waals surface area contributed by atoms with Gasteiger partial charge in [-0.05, 0) is 65.2 Å². The molecule has 0 radical (unpaired) electrons. The first kappa shape index (κ1) is 33.0. The number of hydrogen-bond donors (Lipinski definition) is 1. The van der Waals surface area contributed by atoms with Crippen LogP contribution in [0.2, 0.25) is 0 Å². The summed E-state index contributed by atoms with van der Waals surface area (Å²) in [5.41, 5.74) is 0.971. The minimum atomic E-state index is -1.40. The molecule has 4 aromatic rings. The molecule has 0 saturated carbocycles. The zero-order valence-electron chi connectivity index (χ0n) is 25.7. The molecule has 3 aromatic carbocycles. The first-order valence-electron chi connectivity index (χ1n) is 14.8. The van der Waals surface area contributed by atoms with Gasteiger partial charge in [-0.1, -0.05) is 12.1 Å². The zero-order valence-corrected chi connectivity index (χ0v) is 25.7. The maximum Gasteiger partial charge on any atom is 0.294 e. The molecule has 1 amide bonds. The summed E-state index contributed by atoms with van der Waals surface area (Å²) in [4.78, 5) is 44.8. The molecule has 47 heavy (non-hydrogen) atoms. The number of halogens is 4. The fraction of sp³-hybridized carbons (Fsp3) is 0.229. The van der Waals surface area contributed by atoms with E-state index in [1.807, 2.05) is 43.3 Å². The van der Waals surface area contributed by atoms with Crippen LogP contribution in [0.3, 0.4) is 0 Å². The van der Waals surface area contributed by atoms with Crippen molar-refractivity contribution in [2.24, 2.45) is 0 Å². The van der Waals surface area contributed by atoms with Crippen molar-refractivity contribution in [1.82, 2.24) is 9.47 Å². The number of pyridine rings is 1. The molecule has 1 aliphatic heterocycles. The molecule has 0 aliphatic carbocycles. The van der Waals surface area contributed by atoms with Crippen LogP contribution in [-0.2, 0) is 22.6 Å². The Labute approximate surface area is 268 Å². The summed E-state index contributed by atoms with van der Waals surface area (Å²) in [5.74, 6) is -7.01. The SMILES string of the molecule is CN(C)c1ccc(N2CCN(C(=O)C(=O)/C=C(/O)c3cc(Cc4cc(F)cc(F)c4F)cn(Cc4cccc(F)c4)c3=O)CC2)cc1. The van der Waals surface area contributed by atoms with E-state index < -0.39 is 51.8 Å². The lowest BCUT2D eigenvalue weighted by Gasteiger charge is -2.35. The molecule has 1 aliphatic rings. The van der Waals surface area contributed by atoms with Gasteiger partial charge in [0.15, 0.2) is 11.6 Å². The van der Waals surface area contributed by atoms with Crippen molar-refractivity contribution in [3.05, 3.63) is 135 Å². The molecule has 0 spiro atoms. The summed E-state index contributed by atoms with van der Waals surface area (Å²) in [6, 6.07) is 15.7. The fourth-order valence-corrected chi connectivity index (χ4v) is 5.43. The minimum absolute atomic E-state index is 0.147. The Hall–Kier alpha value is -5.39. The summed E-state index contributed by atoms with van der Waals surface area (Å²) < 4.78 is 57.2. The summed E-state index contributed by atoms with van der Waals surface area (Å²) >= 11 is 0. The van der Waals surface area contributed by atoms with Crippen molar-refractivity contribution in [1.29, 1.82) is 0 Å². The highest BCUT2D eigenvalue weighted by molar-refractivity contribution is 6.41. The van der Waals surface area contributed by atoms with Crippen molar-refractivity contribution in [3.8, 4) is 0 Å². The summed E-state index contributed by atoms with van der Waals surface area (Å²) in [7, 11) is 3.89. The molecule has 1 saturated heterocycles. The van der Waals surface area contributed by atoms with Gasteiger partial charge in [-0.3, -0.25) is 14.4 Å². The van der Waals surface area contributed by atoms with Crippen LogP contribution in [-0.4, -0.2) is 66.5 Å². The zero-order chi connectivity index (χ0) is 33.8. The molecule has 12 heteroatoms. The van der Waals surface area contributed by atoms with Crippen molar-refractivity contribution in [2.45, 2.75) is 13.0 Å². The number of nitrogens with zero attached hydrogens (tertiary/aromatic N) is 4. The molecular weight excluding hydrogens is 616 g/mol. The van der Waals surface area contributed by atoms with E-state index in [2.05, 4.69) is 4.90 Å². The monoisotopic (exact) mass is 648 g/mol. The molecule has 0 atom stereocenters. The van der Waals surface area contributed by atoms with Crippen molar-refractivity contribution >= 4 is 28.8 Å². The van der Waals surface area contributed by atoms with Gasteiger partial charge < -0.3 is 24.4 Å². The van der Waals surface area contributed by atoms with E-state index >= 15 is 0 Å². The van der Waals surface area contributed by atoms with E-state index in [4.69, 9.17) is 0 Å². The minimum Gasteiger partial charge on any atom is -0.507 e. The van der Waals surface area contributed by atoms with Crippen LogP contribution in [0, 0.1) is 23.3 Å². The van der Waals surface area contributed by atoms with Crippen molar-refractivity contribution in [3.63, 3.8) is 0 Å². The van der Waals surface area contributed by atoms with Crippen LogP contribution in [0.25, 0.3) is 5.76 Å². The first-order chi connectivity index (χ1) is 22.4. The number of piperazine rings is 1. The van der Waals surface area contributed by atoms with E-state index in [9.17, 15) is 37.1 Å². The van der Waals surface area contributed by atoms with E-state index in [-0.39, 0.29) is 37.2 Å². The second-order valence-corrected chi connectivity index (χ2v) is 11.4. The van der Waals surface area contributed by atoms with Crippen LogP contribution in [0.1, 0.15) is 22.3 Å². The number of ketones is 1. The molecule has 244 valence electrons. The number of rotatable bonds is 9. The average Bonchev–Trinajstić information content (AvgIpc) is 3.04. The predicted octanol–water partition coefficient (Wildman–Crippen LogP) is 4.93. The molecule has 1 aromatic heterocycles. The third-order valence-corrected chi connectivity index (χ3v) is 7.90. The number of benzene rings is 3. The largest absolute Gasteiger partial charge is 0.507 e. The third-order valence-electron chi connectivity index (χ3n) is 7.90. The predicted molar refractivity (Wildman–Crippen MR) is 171 cm³/mol. The molecule has 5 rings (SSSR count). The highest BCUT2D eigenvalue weighted by Crippen LogP contribution is 2.22. The van der Waals surface area contributed by atoms with E-state index in [0.29, 0.717) is 30.8 Å². The van der Waals surface area contributed by atoms with Gasteiger partial charge in [0.2, 0.25) is 5.78 Å². The molecule has 8 nitrogen and oxygen atoms in total. The van der Waals surface area contributed by atoms with E-state index in [1.165, 1.54) is 29.3 Å². The van der Waals surface area contributed by atoms with Gasteiger partial charge in [0.1, 0.15) is 17.4 Å². The van der Waals surface area contributed by atoms with Crippen LogP contribution in [0.5, 0.6) is 0 Å². The smallest absolute Gasteiger partial charge is 0.294 e. The fourth-order valence-electron chi connectivity index (χ4n) is 5.43. The molecule has 0 unspecified atom stereocenters. The Morgan fingerprint density at radius 3 is 2.23 bits per heavy atom. The lowest BCUT2D eigenvalue weighted by atomic mass is 10.0. The Kier molecular flexibility index (Phi) is 9.78. The highest BCUT2D eigenvalue weighted by atomic mass is 19.2. The van der Waals surface area contributed by atoms with Gasteiger partial charge in [-0.25, -0.2) is 17.6 Å². The average molecular weight is 649 g/mol. The number of hydrogen-bond acceptors (Lipinski definition) is 6. The number of aliphatic hydroxyl groups excluding tert-OH is 1. The number of amides is 1. The lowest BCUT2D eigenvalue weighted by molar-refractivity contribution is -0.142. The standard InChI is InChI=1S/C35H32F4N4O4/c1-40(2)27-6-8-28(9-7-27)41-10-12-42(13-11-41)35(47)32(45)19-31(44)29-16-23(14-24-17-26(37)18-30(38)33(24)39)21-43(34(29)46)20-22-4-3-5-25(36)15-22/h3-9,15-19,21,44H,10-14,20H2,1-2H3/b31-19+. The number of carbonyl (C=O) groups is 2. The Morgan fingerprint density at radius 2 is 1.57 bits per heavy atom. The lowest BCUT2D eigenvalue weighted by Crippen LogP contribution is -2.50. The second-order valence-electron chi connectivity index (χ2n) is 11.4. The quantitative estimate of drug-likeness (QED) is 0.0912. The van der Waals surface area contributed by atoms with Crippen molar-refractivity contribution in [2.75, 3.05) is 50.1 Å². The van der Waals surface area contributed by atoms with Gasteiger partial charge in [0.05, 0.1) is 12.1 Å². The second kappa shape index (κ2) is 13.9. The van der Waals surface area contributed by atoms with Gasteiger partial charge >= 0.3 is 0 Å². The molecule has 2 heterocycles. The summed E-state index contributed by atoms with van der Waals surface area (Å²) in [6.07, 6.45) is 1.54. The van der Waals surface area contributed by atoms with Crippen LogP contribution >= 0.6 is 0 Å². The summed E-state index contributed by atoms with van der Waals surface area (Å²) in [6.45, 7) is 1.26. The Balaban J connectivity index is 1.38. The third kappa shape index (κ3) is 7.71. The molecule has 1 N–H and O–H groups in total. The normalized spacial score (nSPS) is 13.5. The summed E-state index contributed by atoms with van der Waals surface area (Å²) in [5, 5.41) is 10.9. The van der Waals surface area contributed by atoms with Crippen LogP contribution in [0.4, 0.5) is 28.9 Å². The number of anilines is 2. The van der Waals surface area contributed by atoms with Crippen LogP contribution < -0.4 is 15.4 Å². The molecule has 0 bridgehead atoms. The number of carbonyl (C=O) groups excluding carboxylic acids is 2. The highest BCUT2D eigenvalue weighted by Gasteiger charge is 2.26. The maximum absolute atomic E-state index is 14.5. The first-order valence-corrected chi connectivity index (χ1v) is 14.8. The molecule has 1 fully saturated rings. The Bertz CT molecular complexity index is 1900. The van der Waals surface area contributed by atoms with E-state index in [1.54, 1.807) is 6.07 Å². The number of aromatic nitrogens is 1.